The van der Waals surface area contributed by atoms with Crippen molar-refractivity contribution in [1.29, 1.82) is 0 Å². The van der Waals surface area contributed by atoms with Crippen LogP contribution in [0.2, 0.25) is 0 Å². The largest absolute Gasteiger partial charge is 0.486 e. The minimum Gasteiger partial charge on any atom is -0.486 e. The third-order valence-electron chi connectivity index (χ3n) is 4.11. The van der Waals surface area contributed by atoms with E-state index in [4.69, 9.17) is 10.5 Å². The second-order valence-corrected chi connectivity index (χ2v) is 5.89. The Kier molecular flexibility index (Phi) is 9.35. The summed E-state index contributed by atoms with van der Waals surface area (Å²) >= 11 is 0. The van der Waals surface area contributed by atoms with Gasteiger partial charge in [0.15, 0.2) is 17.5 Å². The third-order valence-corrected chi connectivity index (χ3v) is 4.11. The number of likely N-dealkylation sites (N-methyl/N-ethyl adjacent to an activating group) is 1. The van der Waals surface area contributed by atoms with Crippen molar-refractivity contribution in [2.24, 2.45) is 10.7 Å². The van der Waals surface area contributed by atoms with E-state index < -0.39 is 0 Å². The summed E-state index contributed by atoms with van der Waals surface area (Å²) in [5.74, 6) is 0.290. The minimum atomic E-state index is -0.365. The number of halogens is 2. The van der Waals surface area contributed by atoms with E-state index in [0.29, 0.717) is 18.5 Å². The molecule has 0 amide bonds. The topological polar surface area (TPSA) is 62.9 Å². The molecule has 1 aliphatic rings. The lowest BCUT2D eigenvalue weighted by atomic mass is 10.2. The van der Waals surface area contributed by atoms with Gasteiger partial charge in [-0.3, -0.25) is 4.90 Å². The quantitative estimate of drug-likeness (QED) is 0.381. The number of para-hydroxylation sites is 1. The highest BCUT2D eigenvalue weighted by Gasteiger charge is 2.22. The Bertz CT molecular complexity index is 529. The molecule has 136 valence electrons. The molecule has 5 nitrogen and oxygen atoms in total. The summed E-state index contributed by atoms with van der Waals surface area (Å²) in [5, 5.41) is 3.18. The number of rotatable bonds is 7. The van der Waals surface area contributed by atoms with Crippen LogP contribution in [0.3, 0.4) is 0 Å². The zero-order valence-electron chi connectivity index (χ0n) is 14.4. The van der Waals surface area contributed by atoms with Crippen molar-refractivity contribution in [1.82, 2.24) is 10.2 Å². The van der Waals surface area contributed by atoms with Gasteiger partial charge >= 0.3 is 0 Å². The molecular formula is C17H28FIN4O. The first-order chi connectivity index (χ1) is 11.1. The molecule has 7 heteroatoms. The fourth-order valence-electron chi connectivity index (χ4n) is 2.84. The normalized spacial score (nSPS) is 19.6. The van der Waals surface area contributed by atoms with Crippen molar-refractivity contribution in [3.63, 3.8) is 0 Å². The fraction of sp³-hybridized carbons (Fsp3) is 0.588. The molecule has 0 saturated carbocycles. The van der Waals surface area contributed by atoms with Crippen LogP contribution in [0.15, 0.2) is 29.3 Å². The summed E-state index contributed by atoms with van der Waals surface area (Å²) < 4.78 is 19.0. The number of nitrogens with one attached hydrogen (secondary N) is 1. The van der Waals surface area contributed by atoms with E-state index in [1.165, 1.54) is 18.9 Å². The molecule has 1 fully saturated rings. The minimum absolute atomic E-state index is 0. The molecule has 2 atom stereocenters. The Labute approximate surface area is 160 Å². The van der Waals surface area contributed by atoms with Crippen LogP contribution in [0.25, 0.3) is 0 Å². The molecule has 1 heterocycles. The second-order valence-electron chi connectivity index (χ2n) is 5.89. The monoisotopic (exact) mass is 450 g/mol. The van der Waals surface area contributed by atoms with Crippen LogP contribution in [0, 0.1) is 5.82 Å². The molecule has 1 aliphatic heterocycles. The molecule has 2 rings (SSSR count). The molecule has 0 aromatic heterocycles. The summed E-state index contributed by atoms with van der Waals surface area (Å²) in [7, 11) is 0. The summed E-state index contributed by atoms with van der Waals surface area (Å²) in [6.07, 6.45) is 2.19. The Hall–Kier alpha value is -1.09. The van der Waals surface area contributed by atoms with Gasteiger partial charge in [-0.2, -0.15) is 0 Å². The predicted octanol–water partition coefficient (Wildman–Crippen LogP) is 2.60. The van der Waals surface area contributed by atoms with E-state index in [-0.39, 0.29) is 41.6 Å². The number of aliphatic imine (C=N–C) groups is 1. The van der Waals surface area contributed by atoms with Crippen molar-refractivity contribution < 1.29 is 9.13 Å². The van der Waals surface area contributed by atoms with Crippen molar-refractivity contribution in [2.45, 2.75) is 38.8 Å². The molecule has 1 aromatic carbocycles. The van der Waals surface area contributed by atoms with Crippen molar-refractivity contribution >= 4 is 29.9 Å². The number of nitrogens with zero attached hydrogens (tertiary/aromatic N) is 2. The summed E-state index contributed by atoms with van der Waals surface area (Å²) in [4.78, 5) is 6.73. The van der Waals surface area contributed by atoms with Crippen LogP contribution >= 0.6 is 24.0 Å². The van der Waals surface area contributed by atoms with E-state index >= 15 is 0 Å². The Morgan fingerprint density at radius 2 is 2.25 bits per heavy atom. The number of hydrogen-bond acceptors (Lipinski definition) is 3. The number of ether oxygens (including phenoxy) is 1. The molecule has 2 unspecified atom stereocenters. The molecule has 0 aliphatic carbocycles. The first kappa shape index (κ1) is 21.0. The standard InChI is InChI=1S/C17H27FN4O.HI/c1-3-22-10-6-7-14(22)12-21-17(19)20-11-13(2)23-16-9-5-4-8-15(16)18;/h4-5,8-9,13-14H,3,6-7,10-12H2,1-2H3,(H3,19,20,21);1H. The number of hydrogen-bond donors (Lipinski definition) is 2. The molecule has 1 aromatic rings. The number of guanidine groups is 1. The third kappa shape index (κ3) is 6.43. The predicted molar refractivity (Wildman–Crippen MR) is 107 cm³/mol. The average Bonchev–Trinajstić information content (AvgIpc) is 3.00. The highest BCUT2D eigenvalue weighted by atomic mass is 127. The lowest BCUT2D eigenvalue weighted by Gasteiger charge is -2.23. The summed E-state index contributed by atoms with van der Waals surface area (Å²) in [6.45, 7) is 7.45. The smallest absolute Gasteiger partial charge is 0.188 e. The van der Waals surface area contributed by atoms with E-state index in [0.717, 1.165) is 19.6 Å². The van der Waals surface area contributed by atoms with Crippen LogP contribution < -0.4 is 15.8 Å². The fourth-order valence-corrected chi connectivity index (χ4v) is 2.84. The van der Waals surface area contributed by atoms with Crippen LogP contribution in [-0.2, 0) is 0 Å². The first-order valence-corrected chi connectivity index (χ1v) is 8.29. The number of benzene rings is 1. The summed E-state index contributed by atoms with van der Waals surface area (Å²) in [6, 6.07) is 6.89. The van der Waals surface area contributed by atoms with Crippen molar-refractivity contribution in [2.75, 3.05) is 26.2 Å². The van der Waals surface area contributed by atoms with Crippen LogP contribution in [-0.4, -0.2) is 49.2 Å². The average molecular weight is 450 g/mol. The van der Waals surface area contributed by atoms with Gasteiger partial charge < -0.3 is 15.8 Å². The van der Waals surface area contributed by atoms with Gasteiger partial charge in [-0.15, -0.1) is 24.0 Å². The van der Waals surface area contributed by atoms with Gasteiger partial charge in [0.1, 0.15) is 6.10 Å². The highest BCUT2D eigenvalue weighted by Crippen LogP contribution is 2.17. The zero-order valence-corrected chi connectivity index (χ0v) is 16.7. The zero-order chi connectivity index (χ0) is 16.7. The van der Waals surface area contributed by atoms with Gasteiger partial charge in [-0.25, -0.2) is 9.38 Å². The molecule has 24 heavy (non-hydrogen) atoms. The second kappa shape index (κ2) is 10.7. The van der Waals surface area contributed by atoms with Gasteiger partial charge in [0.05, 0.1) is 6.54 Å². The van der Waals surface area contributed by atoms with E-state index in [2.05, 4.69) is 22.1 Å². The first-order valence-electron chi connectivity index (χ1n) is 8.29. The van der Waals surface area contributed by atoms with Crippen LogP contribution in [0.1, 0.15) is 26.7 Å². The number of nitrogens with two attached hydrogens (primary N) is 1. The lowest BCUT2D eigenvalue weighted by Crippen LogP contribution is -2.43. The van der Waals surface area contributed by atoms with Gasteiger partial charge in [-0.1, -0.05) is 19.1 Å². The van der Waals surface area contributed by atoms with Gasteiger partial charge in [0.2, 0.25) is 0 Å². The Morgan fingerprint density at radius 1 is 1.50 bits per heavy atom. The lowest BCUT2D eigenvalue weighted by molar-refractivity contribution is 0.220. The molecule has 0 bridgehead atoms. The van der Waals surface area contributed by atoms with E-state index in [1.807, 2.05) is 6.92 Å². The highest BCUT2D eigenvalue weighted by molar-refractivity contribution is 14.0. The van der Waals surface area contributed by atoms with Crippen molar-refractivity contribution in [3.8, 4) is 5.75 Å². The molecule has 0 spiro atoms. The molecule has 1 saturated heterocycles. The maximum absolute atomic E-state index is 13.5. The van der Waals surface area contributed by atoms with Crippen LogP contribution in [0.4, 0.5) is 4.39 Å². The molecular weight excluding hydrogens is 422 g/mol. The summed E-state index contributed by atoms with van der Waals surface area (Å²) in [5.41, 5.74) is 5.90. The Balaban J connectivity index is 0.00000288. The Morgan fingerprint density at radius 3 is 2.96 bits per heavy atom. The maximum Gasteiger partial charge on any atom is 0.188 e. The van der Waals surface area contributed by atoms with Gasteiger partial charge in [-0.05, 0) is 45.0 Å². The van der Waals surface area contributed by atoms with Crippen LogP contribution in [0.5, 0.6) is 5.75 Å². The van der Waals surface area contributed by atoms with E-state index in [9.17, 15) is 4.39 Å². The van der Waals surface area contributed by atoms with Gasteiger partial charge in [0.25, 0.3) is 0 Å². The molecule has 0 radical (unpaired) electrons. The molecule has 3 N–H and O–H groups in total. The number of likely N-dealkylation sites (tertiary alicyclic amines) is 1. The SMILES string of the molecule is CCN1CCCC1CNC(N)=NCC(C)Oc1ccccc1F.I. The maximum atomic E-state index is 13.5. The van der Waals surface area contributed by atoms with Gasteiger partial charge in [0, 0.05) is 12.6 Å². The van der Waals surface area contributed by atoms with Crippen molar-refractivity contribution in [3.05, 3.63) is 30.1 Å². The van der Waals surface area contributed by atoms with E-state index in [1.54, 1.807) is 18.2 Å².